The molecular weight excluding hydrogens is 396 g/mol. The summed E-state index contributed by atoms with van der Waals surface area (Å²) in [6.45, 7) is 0. The van der Waals surface area contributed by atoms with Crippen molar-refractivity contribution in [3.05, 3.63) is 102 Å². The first-order valence-electron chi connectivity index (χ1n) is 9.55. The molecule has 3 aromatic carbocycles. The molecule has 4 N–H and O–H groups in total. The van der Waals surface area contributed by atoms with Crippen LogP contribution in [0.25, 0.3) is 0 Å². The van der Waals surface area contributed by atoms with Crippen molar-refractivity contribution in [2.75, 3.05) is 16.1 Å². The first-order valence-corrected chi connectivity index (χ1v) is 10.4. The van der Waals surface area contributed by atoms with E-state index in [9.17, 15) is 9.90 Å². The van der Waals surface area contributed by atoms with Gasteiger partial charge < -0.3 is 15.7 Å². The van der Waals surface area contributed by atoms with E-state index in [2.05, 4.69) is 16.1 Å². The molecule has 1 unspecified atom stereocenters. The van der Waals surface area contributed by atoms with E-state index in [1.54, 1.807) is 0 Å². The highest BCUT2D eigenvalue weighted by atomic mass is 32.2. The number of aliphatic carboxylic acids is 1. The fourth-order valence-corrected chi connectivity index (χ4v) is 4.28. The first kappa shape index (κ1) is 19.7. The third-order valence-corrected chi connectivity index (χ3v) is 5.58. The molecule has 0 radical (unpaired) electrons. The number of carboxylic acid groups (broad SMARTS) is 1. The molecule has 0 amide bonds. The first-order chi connectivity index (χ1) is 14.7. The van der Waals surface area contributed by atoms with Crippen molar-refractivity contribution in [2.24, 2.45) is 0 Å². The second-order valence-electron chi connectivity index (χ2n) is 6.67. The van der Waals surface area contributed by atoms with Crippen molar-refractivity contribution in [3.8, 4) is 0 Å². The van der Waals surface area contributed by atoms with Gasteiger partial charge in [-0.3, -0.25) is 15.2 Å². The van der Waals surface area contributed by atoms with E-state index in [1.807, 2.05) is 96.0 Å². The Kier molecular flexibility index (Phi) is 6.10. The lowest BCUT2D eigenvalue weighted by Gasteiger charge is -2.30. The van der Waals surface area contributed by atoms with Crippen LogP contribution in [0.2, 0.25) is 0 Å². The Morgan fingerprint density at radius 1 is 0.833 bits per heavy atom. The van der Waals surface area contributed by atoms with Gasteiger partial charge in [0.15, 0.2) is 5.50 Å². The van der Waals surface area contributed by atoms with Crippen LogP contribution in [0.4, 0.5) is 17.1 Å². The molecule has 0 saturated heterocycles. The molecule has 0 bridgehead atoms. The Morgan fingerprint density at radius 3 is 1.93 bits per heavy atom. The van der Waals surface area contributed by atoms with Gasteiger partial charge in [-0.1, -0.05) is 66.4 Å². The van der Waals surface area contributed by atoms with Gasteiger partial charge in [0.25, 0.3) is 0 Å². The van der Waals surface area contributed by atoms with Gasteiger partial charge in [-0.05, 0) is 36.4 Å². The molecular formula is C23H22N4O2S. The van der Waals surface area contributed by atoms with E-state index in [-0.39, 0.29) is 11.9 Å². The molecule has 4 rings (SSSR count). The molecule has 0 fully saturated rings. The van der Waals surface area contributed by atoms with Crippen LogP contribution in [0.5, 0.6) is 0 Å². The summed E-state index contributed by atoms with van der Waals surface area (Å²) in [5.41, 5.74) is 6.52. The predicted molar refractivity (Wildman–Crippen MR) is 123 cm³/mol. The van der Waals surface area contributed by atoms with Crippen LogP contribution in [-0.2, 0) is 4.79 Å². The lowest BCUT2D eigenvalue weighted by molar-refractivity contribution is -0.136. The quantitative estimate of drug-likeness (QED) is 0.400. The molecule has 1 heterocycles. The van der Waals surface area contributed by atoms with Crippen molar-refractivity contribution in [1.29, 1.82) is 0 Å². The van der Waals surface area contributed by atoms with Crippen molar-refractivity contribution in [3.63, 3.8) is 0 Å². The number of hydrogen-bond acceptors (Lipinski definition) is 6. The summed E-state index contributed by atoms with van der Waals surface area (Å²) in [4.78, 5) is 11.7. The summed E-state index contributed by atoms with van der Waals surface area (Å²) in [6.07, 6.45) is -0.116. The monoisotopic (exact) mass is 418 g/mol. The molecule has 1 aliphatic heterocycles. The zero-order chi connectivity index (χ0) is 20.8. The number of rotatable bonds is 8. The Balaban J connectivity index is 1.67. The largest absolute Gasteiger partial charge is 0.481 e. The summed E-state index contributed by atoms with van der Waals surface area (Å²) in [5, 5.41) is 19.1. The number of benzene rings is 3. The number of nitrogens with one attached hydrogen (secondary N) is 3. The van der Waals surface area contributed by atoms with E-state index < -0.39 is 5.97 Å². The van der Waals surface area contributed by atoms with Crippen LogP contribution in [0.1, 0.15) is 6.42 Å². The summed E-state index contributed by atoms with van der Waals surface area (Å²) < 4.78 is 0. The maximum atomic E-state index is 11.7. The summed E-state index contributed by atoms with van der Waals surface area (Å²) in [7, 11) is 0. The maximum Gasteiger partial charge on any atom is 0.309 e. The summed E-state index contributed by atoms with van der Waals surface area (Å²) in [6, 6.07) is 29.3. The van der Waals surface area contributed by atoms with Gasteiger partial charge in [-0.2, -0.15) is 0 Å². The van der Waals surface area contributed by atoms with Crippen LogP contribution in [0.15, 0.2) is 102 Å². The van der Waals surface area contributed by atoms with Gasteiger partial charge in [0.1, 0.15) is 0 Å². The number of thioether (sulfide) groups is 1. The minimum absolute atomic E-state index is 0.116. The normalized spacial score (nSPS) is 15.7. The fourth-order valence-electron chi connectivity index (χ4n) is 3.10. The van der Waals surface area contributed by atoms with Crippen molar-refractivity contribution < 1.29 is 9.90 Å². The molecule has 3 aromatic rings. The van der Waals surface area contributed by atoms with E-state index in [0.29, 0.717) is 5.70 Å². The predicted octanol–water partition coefficient (Wildman–Crippen LogP) is 5.21. The zero-order valence-electron chi connectivity index (χ0n) is 16.2. The fraction of sp³-hybridized carbons (Fsp3) is 0.0870. The van der Waals surface area contributed by atoms with Gasteiger partial charge in [-0.15, -0.1) is 0 Å². The smallest absolute Gasteiger partial charge is 0.309 e. The molecule has 152 valence electrons. The van der Waals surface area contributed by atoms with Crippen LogP contribution < -0.4 is 16.1 Å². The minimum Gasteiger partial charge on any atom is -0.481 e. The number of carbonyl (C=O) groups is 1. The van der Waals surface area contributed by atoms with Crippen molar-refractivity contribution in [1.82, 2.24) is 5.01 Å². The molecule has 0 aliphatic carbocycles. The van der Waals surface area contributed by atoms with E-state index >= 15 is 0 Å². The highest BCUT2D eigenvalue weighted by Gasteiger charge is 2.34. The number of carboxylic acids is 1. The maximum absolute atomic E-state index is 11.7. The SMILES string of the molecule is O=C(O)CC1=C(Nc2ccccc2)SC(Nc2ccccc2)N1Nc1ccccc1. The van der Waals surface area contributed by atoms with Crippen LogP contribution >= 0.6 is 11.8 Å². The minimum atomic E-state index is -0.891. The van der Waals surface area contributed by atoms with Crippen LogP contribution in [0.3, 0.4) is 0 Å². The van der Waals surface area contributed by atoms with E-state index in [1.165, 1.54) is 11.8 Å². The Morgan fingerprint density at radius 2 is 1.37 bits per heavy atom. The van der Waals surface area contributed by atoms with Gasteiger partial charge in [0.05, 0.1) is 22.8 Å². The lowest BCUT2D eigenvalue weighted by Crippen LogP contribution is -2.39. The lowest BCUT2D eigenvalue weighted by atomic mass is 10.3. The molecule has 30 heavy (non-hydrogen) atoms. The third-order valence-electron chi connectivity index (χ3n) is 4.45. The Hall–Kier alpha value is -3.58. The zero-order valence-corrected chi connectivity index (χ0v) is 17.0. The number of hydrazine groups is 1. The van der Waals surface area contributed by atoms with Gasteiger partial charge in [0, 0.05) is 11.4 Å². The second kappa shape index (κ2) is 9.28. The standard InChI is InChI=1S/C23H22N4O2S/c28-21(29)16-20-22(24-17-10-4-1-5-11-17)30-23(25-18-12-6-2-7-13-18)27(20)26-19-14-8-3-9-15-19/h1-15,23-26H,16H2,(H,28,29). The molecule has 0 saturated carbocycles. The second-order valence-corrected chi connectivity index (χ2v) is 7.76. The van der Waals surface area contributed by atoms with E-state index in [0.717, 1.165) is 22.1 Å². The highest BCUT2D eigenvalue weighted by molar-refractivity contribution is 8.04. The van der Waals surface area contributed by atoms with Gasteiger partial charge >= 0.3 is 5.97 Å². The highest BCUT2D eigenvalue weighted by Crippen LogP contribution is 2.40. The summed E-state index contributed by atoms with van der Waals surface area (Å²) >= 11 is 1.54. The molecule has 0 spiro atoms. The molecule has 1 aliphatic rings. The van der Waals surface area contributed by atoms with Crippen LogP contribution in [0, 0.1) is 0 Å². The molecule has 6 nitrogen and oxygen atoms in total. The van der Waals surface area contributed by atoms with E-state index in [4.69, 9.17) is 0 Å². The Bertz CT molecular complexity index is 1010. The Labute approximate surface area is 179 Å². The summed E-state index contributed by atoms with van der Waals surface area (Å²) in [5.74, 6) is -0.891. The van der Waals surface area contributed by atoms with Gasteiger partial charge in [0.2, 0.25) is 0 Å². The topological polar surface area (TPSA) is 76.6 Å². The van der Waals surface area contributed by atoms with Crippen LogP contribution in [-0.4, -0.2) is 21.6 Å². The van der Waals surface area contributed by atoms with Crippen molar-refractivity contribution in [2.45, 2.75) is 11.9 Å². The molecule has 7 heteroatoms. The number of anilines is 3. The number of para-hydroxylation sites is 3. The van der Waals surface area contributed by atoms with Crippen molar-refractivity contribution >= 4 is 34.8 Å². The average Bonchev–Trinajstić information content (AvgIpc) is 3.05. The molecule has 0 aromatic heterocycles. The number of nitrogens with zero attached hydrogens (tertiary/aromatic N) is 1. The average molecular weight is 419 g/mol. The van der Waals surface area contributed by atoms with Gasteiger partial charge in [-0.25, -0.2) is 0 Å². The molecule has 1 atom stereocenters. The third kappa shape index (κ3) is 4.87. The number of hydrogen-bond donors (Lipinski definition) is 4.